The first-order valence-corrected chi connectivity index (χ1v) is 4.86. The fourth-order valence-electron chi connectivity index (χ4n) is 1.31. The van der Waals surface area contributed by atoms with E-state index in [-0.39, 0.29) is 0 Å². The number of fused-ring (bicyclic) bond motifs is 1. The van der Waals surface area contributed by atoms with E-state index in [9.17, 15) is 0 Å². The summed E-state index contributed by atoms with van der Waals surface area (Å²) in [6.45, 7) is 0.883. The molecule has 0 fully saturated rings. The summed E-state index contributed by atoms with van der Waals surface area (Å²) in [6, 6.07) is 4.20. The van der Waals surface area contributed by atoms with Gasteiger partial charge in [0.1, 0.15) is 10.9 Å². The van der Waals surface area contributed by atoms with Crippen LogP contribution in [0.25, 0.3) is 5.52 Å². The molecule has 13 heavy (non-hydrogen) atoms. The molecule has 0 amide bonds. The van der Waals surface area contributed by atoms with Gasteiger partial charge < -0.3 is 9.72 Å². The maximum Gasteiger partial charge on any atom is 0.131 e. The van der Waals surface area contributed by atoms with Crippen LogP contribution in [0.4, 0.5) is 0 Å². The number of aromatic nitrogens is 2. The van der Waals surface area contributed by atoms with Gasteiger partial charge in [-0.15, -0.1) is 0 Å². The number of nitrogens with one attached hydrogen (secondary N) is 1. The fraction of sp³-hybridized carbons (Fsp3) is 0.222. The lowest BCUT2D eigenvalue weighted by Crippen LogP contribution is -2.05. The zero-order valence-corrected chi connectivity index (χ0v) is 8.87. The quantitative estimate of drug-likeness (QED) is 0.867. The lowest BCUT2D eigenvalue weighted by Gasteiger charge is -2.00. The summed E-state index contributed by atoms with van der Waals surface area (Å²) >= 11 is 3.40. The molecular weight excluding hydrogens is 230 g/mol. The second-order valence-electron chi connectivity index (χ2n) is 2.89. The molecule has 2 aromatic heterocycles. The Bertz CT molecular complexity index is 422. The van der Waals surface area contributed by atoms with Crippen LogP contribution in [0.3, 0.4) is 0 Å². The van der Waals surface area contributed by atoms with E-state index >= 15 is 0 Å². The number of nitrogens with zero attached hydrogens (tertiary/aromatic N) is 2. The minimum Gasteiger partial charge on any atom is -0.316 e. The maximum absolute atomic E-state index is 4.16. The van der Waals surface area contributed by atoms with Crippen LogP contribution in [0.1, 0.15) is 5.56 Å². The van der Waals surface area contributed by atoms with Gasteiger partial charge in [0, 0.05) is 12.7 Å². The first kappa shape index (κ1) is 8.72. The molecule has 0 aliphatic carbocycles. The molecule has 2 heterocycles. The summed E-state index contributed by atoms with van der Waals surface area (Å²) in [5.41, 5.74) is 2.36. The van der Waals surface area contributed by atoms with E-state index < -0.39 is 0 Å². The van der Waals surface area contributed by atoms with Gasteiger partial charge in [-0.1, -0.05) is 0 Å². The van der Waals surface area contributed by atoms with Crippen LogP contribution in [0.5, 0.6) is 0 Å². The lowest BCUT2D eigenvalue weighted by molar-refractivity contribution is 0.816. The van der Waals surface area contributed by atoms with Crippen molar-refractivity contribution in [2.24, 2.45) is 0 Å². The number of hydrogen-bond acceptors (Lipinski definition) is 2. The Morgan fingerprint density at radius 1 is 1.62 bits per heavy atom. The summed E-state index contributed by atoms with van der Waals surface area (Å²) in [6.07, 6.45) is 3.81. The first-order valence-electron chi connectivity index (χ1n) is 4.07. The predicted molar refractivity (Wildman–Crippen MR) is 55.7 cm³/mol. The number of pyridine rings is 1. The molecular formula is C9H10BrN3. The molecule has 0 saturated heterocycles. The third-order valence-electron chi connectivity index (χ3n) is 1.94. The van der Waals surface area contributed by atoms with Crippen LogP contribution in [0, 0.1) is 0 Å². The average molecular weight is 240 g/mol. The molecule has 0 atom stereocenters. The lowest BCUT2D eigenvalue weighted by atomic mass is 10.2. The van der Waals surface area contributed by atoms with Crippen molar-refractivity contribution in [1.29, 1.82) is 0 Å². The van der Waals surface area contributed by atoms with Crippen molar-refractivity contribution in [3.05, 3.63) is 34.8 Å². The van der Waals surface area contributed by atoms with E-state index in [1.165, 1.54) is 5.56 Å². The summed E-state index contributed by atoms with van der Waals surface area (Å²) in [7, 11) is 1.94. The monoisotopic (exact) mass is 239 g/mol. The second kappa shape index (κ2) is 3.47. The van der Waals surface area contributed by atoms with Gasteiger partial charge in [-0.3, -0.25) is 0 Å². The van der Waals surface area contributed by atoms with E-state index in [0.717, 1.165) is 16.7 Å². The van der Waals surface area contributed by atoms with E-state index in [1.54, 1.807) is 6.33 Å². The number of halogens is 1. The van der Waals surface area contributed by atoms with E-state index in [1.807, 2.05) is 17.6 Å². The Morgan fingerprint density at radius 3 is 3.23 bits per heavy atom. The smallest absolute Gasteiger partial charge is 0.131 e. The molecule has 0 saturated carbocycles. The summed E-state index contributed by atoms with van der Waals surface area (Å²) in [5.74, 6) is 0. The largest absolute Gasteiger partial charge is 0.316 e. The highest BCUT2D eigenvalue weighted by Crippen LogP contribution is 2.16. The normalized spacial score (nSPS) is 10.9. The Morgan fingerprint density at radius 2 is 2.46 bits per heavy atom. The molecule has 0 aromatic carbocycles. The summed E-state index contributed by atoms with van der Waals surface area (Å²) in [5, 5.41) is 3.12. The van der Waals surface area contributed by atoms with E-state index in [2.05, 4.69) is 38.4 Å². The topological polar surface area (TPSA) is 29.3 Å². The van der Waals surface area contributed by atoms with Crippen molar-refractivity contribution in [3.63, 3.8) is 0 Å². The molecule has 0 radical (unpaired) electrons. The van der Waals surface area contributed by atoms with Crippen molar-refractivity contribution in [2.75, 3.05) is 7.05 Å². The fourth-order valence-corrected chi connectivity index (χ4v) is 1.73. The van der Waals surface area contributed by atoms with E-state index in [0.29, 0.717) is 0 Å². The minimum atomic E-state index is 0.883. The molecule has 2 aromatic rings. The molecule has 3 nitrogen and oxygen atoms in total. The third kappa shape index (κ3) is 1.59. The Labute approximate surface area is 84.9 Å². The van der Waals surface area contributed by atoms with Crippen molar-refractivity contribution in [3.8, 4) is 0 Å². The number of rotatable bonds is 2. The van der Waals surface area contributed by atoms with Crippen molar-refractivity contribution < 1.29 is 0 Å². The van der Waals surface area contributed by atoms with Crippen LogP contribution >= 0.6 is 15.9 Å². The van der Waals surface area contributed by atoms with Crippen LogP contribution in [0.15, 0.2) is 29.3 Å². The average Bonchev–Trinajstić information content (AvgIpc) is 2.49. The third-order valence-corrected chi connectivity index (χ3v) is 2.55. The SMILES string of the molecule is CNCc1ccn2cnc(Br)c2c1. The first-order chi connectivity index (χ1) is 6.31. The minimum absolute atomic E-state index is 0.883. The highest BCUT2D eigenvalue weighted by atomic mass is 79.9. The van der Waals surface area contributed by atoms with Gasteiger partial charge in [-0.2, -0.15) is 0 Å². The molecule has 2 rings (SSSR count). The Kier molecular flexibility index (Phi) is 2.33. The van der Waals surface area contributed by atoms with Crippen LogP contribution in [0.2, 0.25) is 0 Å². The van der Waals surface area contributed by atoms with Gasteiger partial charge in [0.2, 0.25) is 0 Å². The molecule has 0 aliphatic heterocycles. The van der Waals surface area contributed by atoms with Gasteiger partial charge in [-0.05, 0) is 40.7 Å². The van der Waals surface area contributed by atoms with Crippen LogP contribution in [-0.4, -0.2) is 16.4 Å². The van der Waals surface area contributed by atoms with Crippen molar-refractivity contribution in [2.45, 2.75) is 6.54 Å². The Balaban J connectivity index is 2.53. The molecule has 0 unspecified atom stereocenters. The standard InChI is InChI=1S/C9H10BrN3/c1-11-5-7-2-3-13-6-12-9(10)8(13)4-7/h2-4,6,11H,5H2,1H3. The second-order valence-corrected chi connectivity index (χ2v) is 3.64. The predicted octanol–water partition coefficient (Wildman–Crippen LogP) is 1.82. The van der Waals surface area contributed by atoms with Gasteiger partial charge in [-0.25, -0.2) is 4.98 Å². The highest BCUT2D eigenvalue weighted by Gasteiger charge is 2.00. The van der Waals surface area contributed by atoms with Gasteiger partial charge in [0.25, 0.3) is 0 Å². The molecule has 0 spiro atoms. The zero-order valence-electron chi connectivity index (χ0n) is 7.29. The van der Waals surface area contributed by atoms with Crippen LogP contribution in [-0.2, 0) is 6.54 Å². The van der Waals surface area contributed by atoms with Crippen molar-refractivity contribution >= 4 is 21.4 Å². The molecule has 68 valence electrons. The van der Waals surface area contributed by atoms with Crippen molar-refractivity contribution in [1.82, 2.24) is 14.7 Å². The molecule has 0 aliphatic rings. The highest BCUT2D eigenvalue weighted by molar-refractivity contribution is 9.10. The Hall–Kier alpha value is -0.870. The van der Waals surface area contributed by atoms with Crippen LogP contribution < -0.4 is 5.32 Å². The summed E-state index contributed by atoms with van der Waals surface area (Å²) < 4.78 is 2.88. The van der Waals surface area contributed by atoms with E-state index in [4.69, 9.17) is 0 Å². The molecule has 0 bridgehead atoms. The number of hydrogen-bond donors (Lipinski definition) is 1. The molecule has 4 heteroatoms. The number of imidazole rings is 1. The van der Waals surface area contributed by atoms with Gasteiger partial charge in [0.15, 0.2) is 0 Å². The maximum atomic E-state index is 4.16. The molecule has 1 N–H and O–H groups in total. The summed E-state index contributed by atoms with van der Waals surface area (Å²) in [4.78, 5) is 4.16. The zero-order chi connectivity index (χ0) is 9.26. The van der Waals surface area contributed by atoms with Gasteiger partial charge >= 0.3 is 0 Å². The van der Waals surface area contributed by atoms with Gasteiger partial charge in [0.05, 0.1) is 5.52 Å².